The first-order valence-electron chi connectivity index (χ1n) is 10.5. The highest BCUT2D eigenvalue weighted by atomic mass is 16.6. The molecule has 36 heavy (non-hydrogen) atoms. The normalized spacial score (nSPS) is 10.6. The van der Waals surface area contributed by atoms with Crippen LogP contribution in [0.1, 0.15) is 16.7 Å². The summed E-state index contributed by atoms with van der Waals surface area (Å²) in [6, 6.07) is 13.3. The topological polar surface area (TPSA) is 155 Å². The van der Waals surface area contributed by atoms with Crippen molar-refractivity contribution in [2.75, 3.05) is 13.7 Å². The minimum absolute atomic E-state index is 0.137. The SMILES string of the molecule is COc1cc(C=NNC(=O)COc2cc(C)cc(C)c2)ccc1Oc1ccc([N+](=O)[O-])cc1[N+](=O)[O-]. The number of carbonyl (C=O) groups excluding carboxylic acids is 1. The van der Waals surface area contributed by atoms with Crippen molar-refractivity contribution in [1.82, 2.24) is 5.43 Å². The third-order valence-corrected chi connectivity index (χ3v) is 4.73. The van der Waals surface area contributed by atoms with Gasteiger partial charge in [0, 0.05) is 6.07 Å². The van der Waals surface area contributed by atoms with E-state index in [2.05, 4.69) is 10.5 Å². The van der Waals surface area contributed by atoms with Crippen LogP contribution in [0.25, 0.3) is 0 Å². The van der Waals surface area contributed by atoms with Crippen LogP contribution in [0.4, 0.5) is 11.4 Å². The Morgan fingerprint density at radius 3 is 2.28 bits per heavy atom. The minimum Gasteiger partial charge on any atom is -0.493 e. The number of methoxy groups -OCH3 is 1. The number of rotatable bonds is 10. The largest absolute Gasteiger partial charge is 0.493 e. The van der Waals surface area contributed by atoms with Crippen molar-refractivity contribution in [3.05, 3.63) is 91.5 Å². The number of nitrogens with one attached hydrogen (secondary N) is 1. The molecule has 0 radical (unpaired) electrons. The molecule has 0 saturated carbocycles. The van der Waals surface area contributed by atoms with Crippen molar-refractivity contribution in [2.24, 2.45) is 5.10 Å². The smallest absolute Gasteiger partial charge is 0.318 e. The van der Waals surface area contributed by atoms with Crippen molar-refractivity contribution in [3.8, 4) is 23.0 Å². The molecule has 3 aromatic rings. The molecule has 0 heterocycles. The molecule has 12 heteroatoms. The van der Waals surface area contributed by atoms with Gasteiger partial charge in [0.2, 0.25) is 5.75 Å². The van der Waals surface area contributed by atoms with E-state index in [0.29, 0.717) is 11.3 Å². The van der Waals surface area contributed by atoms with E-state index in [9.17, 15) is 25.0 Å². The lowest BCUT2D eigenvalue weighted by Crippen LogP contribution is -2.24. The molecule has 1 amide bonds. The Hall–Kier alpha value is -5.00. The van der Waals surface area contributed by atoms with Crippen molar-refractivity contribution < 1.29 is 28.9 Å². The summed E-state index contributed by atoms with van der Waals surface area (Å²) >= 11 is 0. The number of hydrogen-bond acceptors (Lipinski definition) is 9. The van der Waals surface area contributed by atoms with E-state index in [-0.39, 0.29) is 23.9 Å². The summed E-state index contributed by atoms with van der Waals surface area (Å²) in [6.45, 7) is 3.65. The second-order valence-corrected chi connectivity index (χ2v) is 7.58. The number of benzene rings is 3. The van der Waals surface area contributed by atoms with Gasteiger partial charge in [-0.1, -0.05) is 6.07 Å². The number of nitro benzene ring substituents is 2. The van der Waals surface area contributed by atoms with E-state index >= 15 is 0 Å². The summed E-state index contributed by atoms with van der Waals surface area (Å²) in [7, 11) is 1.37. The van der Waals surface area contributed by atoms with E-state index in [1.54, 1.807) is 6.07 Å². The predicted octanol–water partition coefficient (Wildman–Crippen LogP) is 4.45. The Morgan fingerprint density at radius 1 is 0.944 bits per heavy atom. The van der Waals surface area contributed by atoms with Gasteiger partial charge in [-0.15, -0.1) is 0 Å². The zero-order chi connectivity index (χ0) is 26.2. The molecule has 3 rings (SSSR count). The minimum atomic E-state index is -0.775. The third kappa shape index (κ3) is 6.76. The second kappa shape index (κ2) is 11.4. The first-order valence-corrected chi connectivity index (χ1v) is 10.5. The van der Waals surface area contributed by atoms with Gasteiger partial charge in [-0.25, -0.2) is 5.43 Å². The van der Waals surface area contributed by atoms with Gasteiger partial charge in [-0.2, -0.15) is 5.10 Å². The zero-order valence-electron chi connectivity index (χ0n) is 19.6. The average molecular weight is 494 g/mol. The van der Waals surface area contributed by atoms with Gasteiger partial charge >= 0.3 is 5.69 Å². The van der Waals surface area contributed by atoms with Gasteiger partial charge in [0.25, 0.3) is 11.6 Å². The number of hydrogen-bond donors (Lipinski definition) is 1. The van der Waals surface area contributed by atoms with Gasteiger partial charge in [0.1, 0.15) is 5.75 Å². The summed E-state index contributed by atoms with van der Waals surface area (Å²) in [5.41, 5.74) is 3.93. The lowest BCUT2D eigenvalue weighted by molar-refractivity contribution is -0.394. The van der Waals surface area contributed by atoms with Gasteiger partial charge in [-0.3, -0.25) is 25.0 Å². The first-order chi connectivity index (χ1) is 17.2. The maximum absolute atomic E-state index is 12.0. The summed E-state index contributed by atoms with van der Waals surface area (Å²) in [6.07, 6.45) is 1.37. The Morgan fingerprint density at radius 2 is 1.64 bits per heavy atom. The number of non-ortho nitro benzene ring substituents is 1. The van der Waals surface area contributed by atoms with E-state index in [1.165, 1.54) is 25.5 Å². The Kier molecular flexibility index (Phi) is 8.13. The Labute approximate surface area is 205 Å². The fourth-order valence-corrected chi connectivity index (χ4v) is 3.19. The molecule has 0 saturated heterocycles. The van der Waals surface area contributed by atoms with Gasteiger partial charge in [0.15, 0.2) is 18.1 Å². The molecule has 0 aromatic heterocycles. The van der Waals surface area contributed by atoms with Gasteiger partial charge < -0.3 is 14.2 Å². The van der Waals surface area contributed by atoms with Crippen LogP contribution < -0.4 is 19.6 Å². The molecule has 0 aliphatic carbocycles. The van der Waals surface area contributed by atoms with Crippen molar-refractivity contribution in [3.63, 3.8) is 0 Å². The molecular weight excluding hydrogens is 472 g/mol. The number of hydrazone groups is 1. The lowest BCUT2D eigenvalue weighted by atomic mass is 10.1. The number of nitro groups is 2. The van der Waals surface area contributed by atoms with E-state index in [4.69, 9.17) is 14.2 Å². The fraction of sp³-hybridized carbons (Fsp3) is 0.167. The summed E-state index contributed by atoms with van der Waals surface area (Å²) < 4.78 is 16.4. The number of aryl methyl sites for hydroxylation is 2. The average Bonchev–Trinajstić information content (AvgIpc) is 2.83. The van der Waals surface area contributed by atoms with Crippen LogP contribution in [0.2, 0.25) is 0 Å². The zero-order valence-corrected chi connectivity index (χ0v) is 19.6. The highest BCUT2D eigenvalue weighted by Gasteiger charge is 2.22. The molecule has 1 N–H and O–H groups in total. The number of carbonyl (C=O) groups is 1. The second-order valence-electron chi connectivity index (χ2n) is 7.58. The summed E-state index contributed by atoms with van der Waals surface area (Å²) in [5.74, 6) is 0.290. The van der Waals surface area contributed by atoms with E-state index in [1.807, 2.05) is 32.0 Å². The first kappa shape index (κ1) is 25.6. The Balaban J connectivity index is 1.66. The van der Waals surface area contributed by atoms with Crippen molar-refractivity contribution in [1.29, 1.82) is 0 Å². The fourth-order valence-electron chi connectivity index (χ4n) is 3.19. The van der Waals surface area contributed by atoms with Crippen LogP contribution in [-0.2, 0) is 4.79 Å². The monoisotopic (exact) mass is 494 g/mol. The van der Waals surface area contributed by atoms with Gasteiger partial charge in [0.05, 0.1) is 29.2 Å². The van der Waals surface area contributed by atoms with Crippen LogP contribution in [0.15, 0.2) is 59.7 Å². The number of amides is 1. The molecule has 0 unspecified atom stereocenters. The van der Waals surface area contributed by atoms with Crippen molar-refractivity contribution in [2.45, 2.75) is 13.8 Å². The molecule has 186 valence electrons. The summed E-state index contributed by atoms with van der Waals surface area (Å²) in [5, 5.41) is 26.1. The standard InChI is InChI=1S/C24H22N4O8/c1-15-8-16(2)10-19(9-15)35-14-24(29)26-25-13-17-4-6-22(23(11-17)34-3)36-21-7-5-18(27(30)31)12-20(21)28(32)33/h4-13H,14H2,1-3H3,(H,26,29). The molecule has 0 bridgehead atoms. The quantitative estimate of drug-likeness (QED) is 0.246. The highest BCUT2D eigenvalue weighted by Crippen LogP contribution is 2.38. The molecule has 0 atom stereocenters. The predicted molar refractivity (Wildman–Crippen MR) is 130 cm³/mol. The number of nitrogens with zero attached hydrogens (tertiary/aromatic N) is 3. The molecule has 0 aliphatic rings. The van der Waals surface area contributed by atoms with Crippen LogP contribution in [0, 0.1) is 34.1 Å². The van der Waals surface area contributed by atoms with Crippen LogP contribution in [0.5, 0.6) is 23.0 Å². The lowest BCUT2D eigenvalue weighted by Gasteiger charge is -2.11. The molecule has 0 spiro atoms. The summed E-state index contributed by atoms with van der Waals surface area (Å²) in [4.78, 5) is 32.8. The van der Waals surface area contributed by atoms with Crippen molar-refractivity contribution >= 4 is 23.5 Å². The Bertz CT molecular complexity index is 1320. The van der Waals surface area contributed by atoms with Crippen LogP contribution in [-0.4, -0.2) is 35.7 Å². The maximum atomic E-state index is 12.0. The van der Waals surface area contributed by atoms with E-state index < -0.39 is 27.1 Å². The molecular formula is C24H22N4O8. The van der Waals surface area contributed by atoms with E-state index in [0.717, 1.165) is 29.3 Å². The van der Waals surface area contributed by atoms with Crippen LogP contribution in [0.3, 0.4) is 0 Å². The van der Waals surface area contributed by atoms with Gasteiger partial charge in [-0.05, 0) is 66.9 Å². The third-order valence-electron chi connectivity index (χ3n) is 4.73. The van der Waals surface area contributed by atoms with Crippen LogP contribution >= 0.6 is 0 Å². The maximum Gasteiger partial charge on any atom is 0.318 e. The molecule has 3 aromatic carbocycles. The molecule has 0 fully saturated rings. The number of ether oxygens (including phenoxy) is 3. The molecule has 0 aliphatic heterocycles. The highest BCUT2D eigenvalue weighted by molar-refractivity contribution is 5.83. The molecule has 12 nitrogen and oxygen atoms in total.